The Morgan fingerprint density at radius 2 is 1.90 bits per heavy atom. The van der Waals surface area contributed by atoms with Gasteiger partial charge in [0.2, 0.25) is 10.0 Å². The zero-order chi connectivity index (χ0) is 14.9. The molecule has 2 aromatic rings. The second kappa shape index (κ2) is 5.28. The maximum Gasteiger partial charge on any atom is 0.238 e. The molecule has 0 amide bonds. The molecule has 0 aliphatic heterocycles. The van der Waals surface area contributed by atoms with Gasteiger partial charge in [-0.2, -0.15) is 0 Å². The van der Waals surface area contributed by atoms with Crippen molar-refractivity contribution < 1.29 is 12.8 Å². The fourth-order valence-corrected chi connectivity index (χ4v) is 2.34. The number of hydrogen-bond acceptors (Lipinski definition) is 4. The minimum Gasteiger partial charge on any atom is -0.397 e. The van der Waals surface area contributed by atoms with Crippen molar-refractivity contribution in [1.82, 2.24) is 0 Å². The van der Waals surface area contributed by atoms with E-state index in [0.29, 0.717) is 5.69 Å². The third-order valence-corrected chi connectivity index (χ3v) is 3.80. The summed E-state index contributed by atoms with van der Waals surface area (Å²) in [5.41, 5.74) is 6.21. The Bertz CT molecular complexity index is 745. The summed E-state index contributed by atoms with van der Waals surface area (Å²) in [7, 11) is -3.84. The summed E-state index contributed by atoms with van der Waals surface area (Å²) in [5.74, 6) is -0.549. The Morgan fingerprint density at radius 3 is 2.45 bits per heavy atom. The molecule has 5 nitrogen and oxygen atoms in total. The van der Waals surface area contributed by atoms with Crippen LogP contribution >= 0.6 is 11.6 Å². The van der Waals surface area contributed by atoms with Crippen LogP contribution in [0.25, 0.3) is 0 Å². The van der Waals surface area contributed by atoms with Gasteiger partial charge in [-0.3, -0.25) is 0 Å². The van der Waals surface area contributed by atoms with E-state index in [2.05, 4.69) is 5.32 Å². The summed E-state index contributed by atoms with van der Waals surface area (Å²) >= 11 is 5.88. The number of nitrogen functional groups attached to an aromatic ring is 1. The molecule has 0 unspecified atom stereocenters. The normalized spacial score (nSPS) is 11.3. The number of benzene rings is 2. The average Bonchev–Trinajstić information content (AvgIpc) is 2.34. The molecule has 0 saturated heterocycles. The number of primary sulfonamides is 1. The summed E-state index contributed by atoms with van der Waals surface area (Å²) in [4.78, 5) is -0.125. The van der Waals surface area contributed by atoms with Crippen molar-refractivity contribution in [2.24, 2.45) is 5.14 Å². The van der Waals surface area contributed by atoms with Gasteiger partial charge >= 0.3 is 0 Å². The van der Waals surface area contributed by atoms with Crippen molar-refractivity contribution in [1.29, 1.82) is 0 Å². The van der Waals surface area contributed by atoms with Crippen LogP contribution < -0.4 is 16.2 Å². The smallest absolute Gasteiger partial charge is 0.238 e. The molecule has 0 radical (unpaired) electrons. The van der Waals surface area contributed by atoms with E-state index in [9.17, 15) is 12.8 Å². The Labute approximate surface area is 120 Å². The molecule has 0 bridgehead atoms. The lowest BCUT2D eigenvalue weighted by Crippen LogP contribution is -2.12. The molecule has 0 aromatic heterocycles. The van der Waals surface area contributed by atoms with Gasteiger partial charge in [0.15, 0.2) is 0 Å². The van der Waals surface area contributed by atoms with Crippen LogP contribution in [0.1, 0.15) is 0 Å². The molecule has 8 heteroatoms. The fraction of sp³-hybridized carbons (Fsp3) is 0. The molecular formula is C12H11ClFN3O2S. The monoisotopic (exact) mass is 315 g/mol. The zero-order valence-corrected chi connectivity index (χ0v) is 11.7. The van der Waals surface area contributed by atoms with E-state index in [1.54, 1.807) is 0 Å². The van der Waals surface area contributed by atoms with Gasteiger partial charge in [0.1, 0.15) is 5.82 Å². The first-order chi connectivity index (χ1) is 9.29. The van der Waals surface area contributed by atoms with Crippen molar-refractivity contribution in [3.63, 3.8) is 0 Å². The van der Waals surface area contributed by atoms with Gasteiger partial charge in [0.05, 0.1) is 27.0 Å². The molecule has 20 heavy (non-hydrogen) atoms. The van der Waals surface area contributed by atoms with Crippen LogP contribution in [-0.2, 0) is 10.0 Å². The van der Waals surface area contributed by atoms with Crippen LogP contribution in [0.3, 0.4) is 0 Å². The van der Waals surface area contributed by atoms with Crippen molar-refractivity contribution in [3.05, 3.63) is 47.2 Å². The number of anilines is 3. The van der Waals surface area contributed by atoms with Gasteiger partial charge in [-0.15, -0.1) is 0 Å². The van der Waals surface area contributed by atoms with E-state index in [-0.39, 0.29) is 21.3 Å². The van der Waals surface area contributed by atoms with E-state index in [0.717, 1.165) is 0 Å². The lowest BCUT2D eigenvalue weighted by atomic mass is 10.2. The SMILES string of the molecule is Nc1cc(S(N)(=O)=O)ccc1Nc1c(F)cccc1Cl. The third-order valence-electron chi connectivity index (χ3n) is 2.57. The van der Waals surface area contributed by atoms with E-state index in [4.69, 9.17) is 22.5 Å². The Kier molecular flexibility index (Phi) is 3.85. The van der Waals surface area contributed by atoms with Gasteiger partial charge in [0, 0.05) is 0 Å². The van der Waals surface area contributed by atoms with E-state index in [1.165, 1.54) is 36.4 Å². The largest absolute Gasteiger partial charge is 0.397 e. The number of nitrogens with two attached hydrogens (primary N) is 2. The first-order valence-corrected chi connectivity index (χ1v) is 7.35. The van der Waals surface area contributed by atoms with Crippen molar-refractivity contribution >= 4 is 38.7 Å². The first kappa shape index (κ1) is 14.6. The summed E-state index contributed by atoms with van der Waals surface area (Å²) in [5, 5.41) is 7.89. The summed E-state index contributed by atoms with van der Waals surface area (Å²) < 4.78 is 36.0. The Hall–Kier alpha value is -1.83. The second-order valence-corrected chi connectivity index (χ2v) is 5.98. The minimum absolute atomic E-state index is 0.0595. The topological polar surface area (TPSA) is 98.2 Å². The molecular weight excluding hydrogens is 305 g/mol. The molecule has 0 saturated carbocycles. The summed E-state index contributed by atoms with van der Waals surface area (Å²) in [6.45, 7) is 0. The molecule has 0 aliphatic carbocycles. The van der Waals surface area contributed by atoms with Crippen molar-refractivity contribution in [3.8, 4) is 0 Å². The first-order valence-electron chi connectivity index (χ1n) is 5.42. The molecule has 2 aromatic carbocycles. The Balaban J connectivity index is 2.41. The van der Waals surface area contributed by atoms with Gasteiger partial charge in [0.25, 0.3) is 0 Å². The second-order valence-electron chi connectivity index (χ2n) is 4.02. The standard InChI is InChI=1S/C12H11ClFN3O2S/c13-8-2-1-3-9(14)12(8)17-11-5-4-7(6-10(11)15)20(16,18)19/h1-6,17H,15H2,(H2,16,18,19). The highest BCUT2D eigenvalue weighted by Gasteiger charge is 2.12. The van der Waals surface area contributed by atoms with Gasteiger partial charge < -0.3 is 11.1 Å². The number of rotatable bonds is 3. The van der Waals surface area contributed by atoms with Crippen LogP contribution in [0, 0.1) is 5.82 Å². The predicted octanol–water partition coefficient (Wildman–Crippen LogP) is 2.45. The lowest BCUT2D eigenvalue weighted by Gasteiger charge is -2.12. The van der Waals surface area contributed by atoms with Gasteiger partial charge in [-0.1, -0.05) is 17.7 Å². The number of hydrogen-bond donors (Lipinski definition) is 3. The van der Waals surface area contributed by atoms with Crippen molar-refractivity contribution in [2.75, 3.05) is 11.1 Å². The van der Waals surface area contributed by atoms with Crippen LogP contribution in [0.15, 0.2) is 41.3 Å². The quantitative estimate of drug-likeness (QED) is 0.758. The molecule has 0 spiro atoms. The van der Waals surface area contributed by atoms with Gasteiger partial charge in [-0.05, 0) is 30.3 Å². The van der Waals surface area contributed by atoms with Crippen LogP contribution in [0.2, 0.25) is 5.02 Å². The number of para-hydroxylation sites is 1. The lowest BCUT2D eigenvalue weighted by molar-refractivity contribution is 0.598. The number of nitrogens with one attached hydrogen (secondary N) is 1. The summed E-state index contributed by atoms with van der Waals surface area (Å²) in [6, 6.07) is 8.06. The van der Waals surface area contributed by atoms with Crippen LogP contribution in [0.4, 0.5) is 21.5 Å². The molecule has 0 heterocycles. The van der Waals surface area contributed by atoms with Crippen LogP contribution in [-0.4, -0.2) is 8.42 Å². The number of sulfonamides is 1. The highest BCUT2D eigenvalue weighted by atomic mass is 35.5. The van der Waals surface area contributed by atoms with Crippen LogP contribution in [0.5, 0.6) is 0 Å². The van der Waals surface area contributed by atoms with Crippen molar-refractivity contribution in [2.45, 2.75) is 4.90 Å². The van der Waals surface area contributed by atoms with Gasteiger partial charge in [-0.25, -0.2) is 17.9 Å². The molecule has 106 valence electrons. The molecule has 0 fully saturated rings. The highest BCUT2D eigenvalue weighted by molar-refractivity contribution is 7.89. The predicted molar refractivity (Wildman–Crippen MR) is 76.9 cm³/mol. The maximum atomic E-state index is 13.6. The fourth-order valence-electron chi connectivity index (χ4n) is 1.58. The zero-order valence-electron chi connectivity index (χ0n) is 10.1. The highest BCUT2D eigenvalue weighted by Crippen LogP contribution is 2.31. The number of halogens is 2. The maximum absolute atomic E-state index is 13.6. The van der Waals surface area contributed by atoms with E-state index < -0.39 is 15.8 Å². The average molecular weight is 316 g/mol. The molecule has 0 atom stereocenters. The Morgan fingerprint density at radius 1 is 1.20 bits per heavy atom. The third kappa shape index (κ3) is 3.01. The van der Waals surface area contributed by atoms with E-state index in [1.807, 2.05) is 0 Å². The molecule has 5 N–H and O–H groups in total. The minimum atomic E-state index is -3.84. The molecule has 2 rings (SSSR count). The van der Waals surface area contributed by atoms with E-state index >= 15 is 0 Å². The molecule has 0 aliphatic rings. The summed E-state index contributed by atoms with van der Waals surface area (Å²) in [6.07, 6.45) is 0.